The van der Waals surface area contributed by atoms with Gasteiger partial charge in [-0.2, -0.15) is 5.10 Å². The molecule has 2 fully saturated rings. The zero-order valence-corrected chi connectivity index (χ0v) is 14.8. The third-order valence-corrected chi connectivity index (χ3v) is 6.59. The summed E-state index contributed by atoms with van der Waals surface area (Å²) in [5.74, 6) is 0.750. The predicted octanol–water partition coefficient (Wildman–Crippen LogP) is 2.52. The Morgan fingerprint density at radius 2 is 2.04 bits per heavy atom. The monoisotopic (exact) mass is 346 g/mol. The maximum atomic E-state index is 12.8. The van der Waals surface area contributed by atoms with E-state index in [0.29, 0.717) is 17.4 Å². The van der Waals surface area contributed by atoms with Gasteiger partial charge < -0.3 is 4.90 Å². The van der Waals surface area contributed by atoms with Gasteiger partial charge >= 0.3 is 0 Å². The van der Waals surface area contributed by atoms with Crippen LogP contribution in [0.25, 0.3) is 0 Å². The molecule has 1 N–H and O–H groups in total. The number of benzene rings is 1. The summed E-state index contributed by atoms with van der Waals surface area (Å²) in [4.78, 5) is 2.59. The van der Waals surface area contributed by atoms with Gasteiger partial charge in [-0.25, -0.2) is 8.42 Å². The number of anilines is 2. The second-order valence-corrected chi connectivity index (χ2v) is 8.51. The van der Waals surface area contributed by atoms with Crippen LogP contribution in [0.3, 0.4) is 0 Å². The molecule has 1 aromatic heterocycles. The molecule has 4 rings (SSSR count). The first-order valence-electron chi connectivity index (χ1n) is 8.33. The Kier molecular flexibility index (Phi) is 3.56. The lowest BCUT2D eigenvalue weighted by Crippen LogP contribution is -2.32. The minimum absolute atomic E-state index is 0.225. The molecule has 1 aliphatic carbocycles. The predicted molar refractivity (Wildman–Crippen MR) is 93.7 cm³/mol. The molecule has 1 saturated heterocycles. The molecule has 0 spiro atoms. The third-order valence-electron chi connectivity index (χ3n) is 5.12. The summed E-state index contributed by atoms with van der Waals surface area (Å²) in [6.45, 7) is 2.73. The van der Waals surface area contributed by atoms with Gasteiger partial charge in [0.05, 0.1) is 17.1 Å². The molecule has 2 unspecified atom stereocenters. The minimum atomic E-state index is -3.65. The SMILES string of the molecule is Cc1nn(C)cc1S(=O)(=O)Nc1ccccc1N1CC2CCC1C2. The second kappa shape index (κ2) is 5.51. The number of fused-ring (bicyclic) bond motifs is 2. The first-order chi connectivity index (χ1) is 11.4. The van der Waals surface area contributed by atoms with Crippen molar-refractivity contribution in [2.75, 3.05) is 16.2 Å². The third kappa shape index (κ3) is 2.56. The molecule has 0 amide bonds. The van der Waals surface area contributed by atoms with Crippen LogP contribution in [-0.2, 0) is 17.1 Å². The summed E-state index contributed by atoms with van der Waals surface area (Å²) in [6, 6.07) is 8.22. The van der Waals surface area contributed by atoms with Gasteiger partial charge in [-0.15, -0.1) is 0 Å². The average Bonchev–Trinajstić information content (AvgIpc) is 3.23. The number of piperidine rings is 1. The summed E-state index contributed by atoms with van der Waals surface area (Å²) < 4.78 is 29.9. The van der Waals surface area contributed by atoms with Crippen LogP contribution in [0, 0.1) is 12.8 Å². The van der Waals surface area contributed by atoms with Crippen molar-refractivity contribution in [3.8, 4) is 0 Å². The molecule has 128 valence electrons. The number of sulfonamides is 1. The fraction of sp³-hybridized carbons (Fsp3) is 0.471. The summed E-state index contributed by atoms with van der Waals surface area (Å²) in [5, 5.41) is 4.14. The molecule has 2 aliphatic rings. The Hall–Kier alpha value is -2.02. The van der Waals surface area contributed by atoms with Crippen LogP contribution in [0.1, 0.15) is 25.0 Å². The lowest BCUT2D eigenvalue weighted by Gasteiger charge is -2.31. The number of rotatable bonds is 4. The first kappa shape index (κ1) is 15.5. The molecule has 2 heterocycles. The number of aryl methyl sites for hydroxylation is 2. The Morgan fingerprint density at radius 3 is 2.67 bits per heavy atom. The van der Waals surface area contributed by atoms with Gasteiger partial charge in [0.15, 0.2) is 0 Å². The van der Waals surface area contributed by atoms with Crippen LogP contribution in [0.2, 0.25) is 0 Å². The molecule has 0 radical (unpaired) electrons. The van der Waals surface area contributed by atoms with E-state index in [0.717, 1.165) is 18.2 Å². The van der Waals surface area contributed by atoms with E-state index in [4.69, 9.17) is 0 Å². The van der Waals surface area contributed by atoms with Crippen molar-refractivity contribution in [3.05, 3.63) is 36.2 Å². The second-order valence-electron chi connectivity index (χ2n) is 6.86. The number of nitrogens with one attached hydrogen (secondary N) is 1. The number of aromatic nitrogens is 2. The Labute approximate surface area is 142 Å². The first-order valence-corrected chi connectivity index (χ1v) is 9.81. The van der Waals surface area contributed by atoms with Crippen molar-refractivity contribution >= 4 is 21.4 Å². The maximum absolute atomic E-state index is 12.8. The standard InChI is InChI=1S/C17H22N4O2S/c1-12-17(11-20(2)18-12)24(22,23)19-15-5-3-4-6-16(15)21-10-13-7-8-14(21)9-13/h3-6,11,13-14,19H,7-10H2,1-2H3. The van der Waals surface area contributed by atoms with Crippen molar-refractivity contribution in [3.63, 3.8) is 0 Å². The highest BCUT2D eigenvalue weighted by Crippen LogP contribution is 2.42. The van der Waals surface area contributed by atoms with Crippen LogP contribution in [0.4, 0.5) is 11.4 Å². The van der Waals surface area contributed by atoms with Gasteiger partial charge in [0, 0.05) is 25.8 Å². The fourth-order valence-corrected chi connectivity index (χ4v) is 5.36. The number of hydrogen-bond acceptors (Lipinski definition) is 4. The van der Waals surface area contributed by atoms with E-state index in [2.05, 4.69) is 14.7 Å². The maximum Gasteiger partial charge on any atom is 0.265 e. The quantitative estimate of drug-likeness (QED) is 0.924. The van der Waals surface area contributed by atoms with E-state index in [9.17, 15) is 8.42 Å². The molecule has 2 bridgehead atoms. The summed E-state index contributed by atoms with van der Waals surface area (Å²) in [5.41, 5.74) is 2.13. The molecule has 24 heavy (non-hydrogen) atoms. The molecule has 1 aliphatic heterocycles. The number of para-hydroxylation sites is 2. The van der Waals surface area contributed by atoms with E-state index in [1.54, 1.807) is 14.0 Å². The molecular formula is C17H22N4O2S. The van der Waals surface area contributed by atoms with E-state index in [-0.39, 0.29) is 4.90 Å². The zero-order valence-electron chi connectivity index (χ0n) is 13.9. The van der Waals surface area contributed by atoms with Crippen molar-refractivity contribution < 1.29 is 8.42 Å². The molecule has 1 saturated carbocycles. The van der Waals surface area contributed by atoms with Gasteiger partial charge in [-0.3, -0.25) is 9.40 Å². The average molecular weight is 346 g/mol. The van der Waals surface area contributed by atoms with E-state index >= 15 is 0 Å². The highest BCUT2D eigenvalue weighted by molar-refractivity contribution is 7.92. The highest BCUT2D eigenvalue weighted by atomic mass is 32.2. The molecule has 2 aromatic rings. The van der Waals surface area contributed by atoms with Gasteiger partial charge in [-0.1, -0.05) is 12.1 Å². The molecular weight excluding hydrogens is 324 g/mol. The zero-order chi connectivity index (χ0) is 16.9. The highest BCUT2D eigenvalue weighted by Gasteiger charge is 2.38. The minimum Gasteiger partial charge on any atom is -0.367 e. The van der Waals surface area contributed by atoms with Crippen molar-refractivity contribution in [1.82, 2.24) is 9.78 Å². The Bertz CT molecular complexity index is 874. The smallest absolute Gasteiger partial charge is 0.265 e. The normalized spacial score (nSPS) is 23.0. The largest absolute Gasteiger partial charge is 0.367 e. The lowest BCUT2D eigenvalue weighted by molar-refractivity contribution is 0.554. The molecule has 7 heteroatoms. The van der Waals surface area contributed by atoms with Crippen LogP contribution < -0.4 is 9.62 Å². The molecule has 6 nitrogen and oxygen atoms in total. The van der Waals surface area contributed by atoms with E-state index < -0.39 is 10.0 Å². The van der Waals surface area contributed by atoms with Crippen LogP contribution in [-0.4, -0.2) is 30.8 Å². The van der Waals surface area contributed by atoms with E-state index in [1.807, 2.05) is 24.3 Å². The number of hydrogen-bond donors (Lipinski definition) is 1. The van der Waals surface area contributed by atoms with Crippen LogP contribution in [0.5, 0.6) is 0 Å². The summed E-state index contributed by atoms with van der Waals surface area (Å²) in [7, 11) is -1.93. The van der Waals surface area contributed by atoms with Crippen LogP contribution >= 0.6 is 0 Å². The van der Waals surface area contributed by atoms with Crippen molar-refractivity contribution in [2.45, 2.75) is 37.1 Å². The van der Waals surface area contributed by atoms with Gasteiger partial charge in [0.2, 0.25) is 0 Å². The van der Waals surface area contributed by atoms with Crippen LogP contribution in [0.15, 0.2) is 35.4 Å². The molecule has 1 aromatic carbocycles. The van der Waals surface area contributed by atoms with Crippen molar-refractivity contribution in [2.24, 2.45) is 13.0 Å². The van der Waals surface area contributed by atoms with Gasteiger partial charge in [-0.05, 0) is 44.2 Å². The topological polar surface area (TPSA) is 67.2 Å². The lowest BCUT2D eigenvalue weighted by atomic mass is 10.1. The van der Waals surface area contributed by atoms with E-state index in [1.165, 1.54) is 30.1 Å². The fourth-order valence-electron chi connectivity index (χ4n) is 4.07. The number of nitrogens with zero attached hydrogens (tertiary/aromatic N) is 3. The van der Waals surface area contributed by atoms with Gasteiger partial charge in [0.25, 0.3) is 10.0 Å². The van der Waals surface area contributed by atoms with Crippen molar-refractivity contribution in [1.29, 1.82) is 0 Å². The summed E-state index contributed by atoms with van der Waals surface area (Å²) >= 11 is 0. The molecule has 2 atom stereocenters. The Morgan fingerprint density at radius 1 is 1.25 bits per heavy atom. The van der Waals surface area contributed by atoms with Gasteiger partial charge in [0.1, 0.15) is 4.90 Å². The Balaban J connectivity index is 1.67. The summed E-state index contributed by atoms with van der Waals surface area (Å²) in [6.07, 6.45) is 5.26.